The van der Waals surface area contributed by atoms with E-state index in [1.54, 1.807) is 0 Å². The molecule has 0 radical (unpaired) electrons. The van der Waals surface area contributed by atoms with Gasteiger partial charge in [0.25, 0.3) is 0 Å². The number of hydrogen-bond donors (Lipinski definition) is 0. The third-order valence-electron chi connectivity index (χ3n) is 3.83. The lowest BCUT2D eigenvalue weighted by atomic mass is 9.93. The predicted molar refractivity (Wildman–Crippen MR) is 75.2 cm³/mol. The number of nitrogens with zero attached hydrogens (tertiary/aromatic N) is 1. The molecule has 0 saturated carbocycles. The first-order valence-electron chi connectivity index (χ1n) is 6.21. The highest BCUT2D eigenvalue weighted by Gasteiger charge is 2.25. The molecule has 2 heteroatoms. The monoisotopic (exact) mass is 289 g/mol. The Labute approximate surface area is 110 Å². The molecule has 17 heavy (non-hydrogen) atoms. The van der Waals surface area contributed by atoms with Gasteiger partial charge in [0.05, 0.1) is 5.52 Å². The maximum absolute atomic E-state index is 4.82. The molecule has 0 amide bonds. The highest BCUT2D eigenvalue weighted by molar-refractivity contribution is 9.10. The zero-order valence-electron chi connectivity index (χ0n) is 10.2. The zero-order valence-corrected chi connectivity index (χ0v) is 11.8. The maximum atomic E-state index is 4.82. The molecule has 1 aromatic heterocycles. The quantitative estimate of drug-likeness (QED) is 0.760. The van der Waals surface area contributed by atoms with Crippen LogP contribution < -0.4 is 0 Å². The van der Waals surface area contributed by atoms with Gasteiger partial charge in [-0.25, -0.2) is 0 Å². The van der Waals surface area contributed by atoms with E-state index < -0.39 is 0 Å². The summed E-state index contributed by atoms with van der Waals surface area (Å²) in [6, 6.07) is 8.67. The van der Waals surface area contributed by atoms with Crippen LogP contribution in [0.2, 0.25) is 0 Å². The zero-order chi connectivity index (χ0) is 12.0. The number of benzene rings is 1. The van der Waals surface area contributed by atoms with Gasteiger partial charge in [0.2, 0.25) is 0 Å². The summed E-state index contributed by atoms with van der Waals surface area (Å²) in [5.41, 5.74) is 3.88. The van der Waals surface area contributed by atoms with E-state index in [0.29, 0.717) is 0 Å². The number of rotatable bonds is 1. The van der Waals surface area contributed by atoms with Gasteiger partial charge in [0, 0.05) is 15.6 Å². The van der Waals surface area contributed by atoms with E-state index >= 15 is 0 Å². The summed E-state index contributed by atoms with van der Waals surface area (Å²) in [7, 11) is 0. The third kappa shape index (κ3) is 1.99. The molecule has 0 bridgehead atoms. The summed E-state index contributed by atoms with van der Waals surface area (Å²) in [6.45, 7) is 4.62. The molecule has 88 valence electrons. The lowest BCUT2D eigenvalue weighted by molar-refractivity contribution is 0.402. The Morgan fingerprint density at radius 1 is 1.24 bits per heavy atom. The van der Waals surface area contributed by atoms with Crippen LogP contribution in [-0.2, 0) is 12.8 Å². The SMILES string of the molecule is CC(C)[C@@H]1Cc2cc3ccc(Br)cc3nc2C1. The second-order valence-electron chi connectivity index (χ2n) is 5.34. The number of aromatic nitrogens is 1. The molecular weight excluding hydrogens is 274 g/mol. The molecule has 1 aliphatic rings. The Morgan fingerprint density at radius 3 is 2.82 bits per heavy atom. The molecule has 0 fully saturated rings. The first-order chi connectivity index (χ1) is 8.13. The van der Waals surface area contributed by atoms with Crippen molar-refractivity contribution in [3.8, 4) is 0 Å². The second-order valence-corrected chi connectivity index (χ2v) is 6.26. The van der Waals surface area contributed by atoms with Crippen molar-refractivity contribution in [3.63, 3.8) is 0 Å². The van der Waals surface area contributed by atoms with Crippen molar-refractivity contribution in [2.45, 2.75) is 26.7 Å². The van der Waals surface area contributed by atoms with Crippen LogP contribution in [0.1, 0.15) is 25.1 Å². The largest absolute Gasteiger partial charge is 0.253 e. The summed E-state index contributed by atoms with van der Waals surface area (Å²) in [5, 5.41) is 1.26. The van der Waals surface area contributed by atoms with E-state index in [9.17, 15) is 0 Å². The molecule has 1 aromatic carbocycles. The number of fused-ring (bicyclic) bond motifs is 2. The van der Waals surface area contributed by atoms with Crippen molar-refractivity contribution in [2.75, 3.05) is 0 Å². The van der Waals surface area contributed by atoms with E-state index in [1.807, 2.05) is 0 Å². The molecule has 3 rings (SSSR count). The average molecular weight is 290 g/mol. The standard InChI is InChI=1S/C15H16BrN/c1-9(2)11-6-12-5-10-3-4-13(16)8-15(10)17-14(12)7-11/h3-5,8-9,11H,6-7H2,1-2H3/t11-/m1/s1. The van der Waals surface area contributed by atoms with Crippen LogP contribution in [0.25, 0.3) is 10.9 Å². The highest BCUT2D eigenvalue weighted by Crippen LogP contribution is 2.32. The fraction of sp³-hybridized carbons (Fsp3) is 0.400. The molecule has 1 nitrogen and oxygen atoms in total. The number of hydrogen-bond acceptors (Lipinski definition) is 1. The van der Waals surface area contributed by atoms with Crippen molar-refractivity contribution < 1.29 is 0 Å². The third-order valence-corrected chi connectivity index (χ3v) is 4.32. The van der Waals surface area contributed by atoms with Crippen molar-refractivity contribution in [1.29, 1.82) is 0 Å². The summed E-state index contributed by atoms with van der Waals surface area (Å²) < 4.78 is 1.11. The summed E-state index contributed by atoms with van der Waals surface area (Å²) in [4.78, 5) is 4.82. The van der Waals surface area contributed by atoms with Crippen molar-refractivity contribution in [3.05, 3.63) is 40.0 Å². The summed E-state index contributed by atoms with van der Waals surface area (Å²) >= 11 is 3.51. The van der Waals surface area contributed by atoms with E-state index in [1.165, 1.54) is 23.1 Å². The molecule has 1 aliphatic carbocycles. The Balaban J connectivity index is 2.09. The minimum Gasteiger partial charge on any atom is -0.253 e. The lowest BCUT2D eigenvalue weighted by Gasteiger charge is -2.11. The Bertz CT molecular complexity index is 574. The van der Waals surface area contributed by atoms with Gasteiger partial charge in [-0.05, 0) is 48.4 Å². The Kier molecular flexibility index (Phi) is 2.70. The smallest absolute Gasteiger partial charge is 0.0716 e. The molecule has 0 spiro atoms. The topological polar surface area (TPSA) is 12.9 Å². The molecule has 0 N–H and O–H groups in total. The van der Waals surface area contributed by atoms with Gasteiger partial charge in [-0.2, -0.15) is 0 Å². The van der Waals surface area contributed by atoms with Crippen molar-refractivity contribution in [2.24, 2.45) is 11.8 Å². The first-order valence-corrected chi connectivity index (χ1v) is 7.01. The van der Waals surface area contributed by atoms with Crippen LogP contribution in [0, 0.1) is 11.8 Å². The number of halogens is 1. The molecule has 1 heterocycles. The van der Waals surface area contributed by atoms with Crippen molar-refractivity contribution >= 4 is 26.8 Å². The molecule has 1 atom stereocenters. The van der Waals surface area contributed by atoms with Gasteiger partial charge in [-0.1, -0.05) is 35.8 Å². The van der Waals surface area contributed by atoms with Crippen LogP contribution in [0.3, 0.4) is 0 Å². The van der Waals surface area contributed by atoms with Gasteiger partial charge >= 0.3 is 0 Å². The predicted octanol–water partition coefficient (Wildman–Crippen LogP) is 4.37. The maximum Gasteiger partial charge on any atom is 0.0716 e. The minimum atomic E-state index is 0.749. The highest BCUT2D eigenvalue weighted by atomic mass is 79.9. The van der Waals surface area contributed by atoms with Crippen molar-refractivity contribution in [1.82, 2.24) is 4.98 Å². The molecule has 0 aliphatic heterocycles. The van der Waals surface area contributed by atoms with E-state index in [-0.39, 0.29) is 0 Å². The van der Waals surface area contributed by atoms with E-state index in [4.69, 9.17) is 4.98 Å². The van der Waals surface area contributed by atoms with Crippen LogP contribution in [0.15, 0.2) is 28.7 Å². The van der Waals surface area contributed by atoms with E-state index in [0.717, 1.165) is 28.2 Å². The van der Waals surface area contributed by atoms with Crippen LogP contribution >= 0.6 is 15.9 Å². The lowest BCUT2D eigenvalue weighted by Crippen LogP contribution is -2.07. The Hall–Kier alpha value is -0.890. The molecule has 2 aromatic rings. The summed E-state index contributed by atoms with van der Waals surface area (Å²) in [5.74, 6) is 1.52. The molecular formula is C15H16BrN. The van der Waals surface area contributed by atoms with Crippen LogP contribution in [-0.4, -0.2) is 4.98 Å². The van der Waals surface area contributed by atoms with E-state index in [2.05, 4.69) is 54.0 Å². The fourth-order valence-electron chi connectivity index (χ4n) is 2.65. The Morgan fingerprint density at radius 2 is 2.06 bits per heavy atom. The van der Waals surface area contributed by atoms with Crippen LogP contribution in [0.4, 0.5) is 0 Å². The van der Waals surface area contributed by atoms with Crippen LogP contribution in [0.5, 0.6) is 0 Å². The minimum absolute atomic E-state index is 0.749. The van der Waals surface area contributed by atoms with Gasteiger partial charge < -0.3 is 0 Å². The van der Waals surface area contributed by atoms with Gasteiger partial charge in [-0.15, -0.1) is 0 Å². The fourth-order valence-corrected chi connectivity index (χ4v) is 3.00. The van der Waals surface area contributed by atoms with Gasteiger partial charge in [-0.3, -0.25) is 4.98 Å². The number of pyridine rings is 1. The average Bonchev–Trinajstić information content (AvgIpc) is 2.68. The summed E-state index contributed by atoms with van der Waals surface area (Å²) in [6.07, 6.45) is 2.35. The first kappa shape index (κ1) is 11.2. The second kappa shape index (κ2) is 4.09. The van der Waals surface area contributed by atoms with Gasteiger partial charge in [0.1, 0.15) is 0 Å². The molecule has 0 unspecified atom stereocenters. The normalized spacial score (nSPS) is 18.9. The molecule has 0 saturated heterocycles. The van der Waals surface area contributed by atoms with Gasteiger partial charge in [0.15, 0.2) is 0 Å².